The van der Waals surface area contributed by atoms with Crippen LogP contribution in [0.3, 0.4) is 0 Å². The molecule has 0 fully saturated rings. The van der Waals surface area contributed by atoms with Crippen molar-refractivity contribution in [2.45, 2.75) is 19.0 Å². The van der Waals surface area contributed by atoms with Crippen molar-refractivity contribution in [1.29, 1.82) is 0 Å². The van der Waals surface area contributed by atoms with Crippen molar-refractivity contribution in [1.82, 2.24) is 9.36 Å². The van der Waals surface area contributed by atoms with Gasteiger partial charge < -0.3 is 4.90 Å². The van der Waals surface area contributed by atoms with Crippen LogP contribution in [-0.4, -0.2) is 28.7 Å². The molecule has 0 aliphatic carbocycles. The van der Waals surface area contributed by atoms with Crippen LogP contribution in [0.15, 0.2) is 39.7 Å². The average molecular weight is 307 g/mol. The molecule has 1 aromatic heterocycles. The molecule has 0 bridgehead atoms. The standard InChI is InChI=1S/C13H17N5S2/c1-4-18(5-2)11-8-6-10(7-9-11)15-16-12-14-13(19-3)17-20-12/h6-9H,4-5H2,1-3H3. The summed E-state index contributed by atoms with van der Waals surface area (Å²) in [5.74, 6) is 0. The molecule has 0 atom stereocenters. The van der Waals surface area contributed by atoms with E-state index in [0.717, 1.165) is 23.9 Å². The first kappa shape index (κ1) is 14.9. The minimum atomic E-state index is 0.585. The number of azo groups is 1. The molecule has 0 aliphatic heterocycles. The van der Waals surface area contributed by atoms with Crippen LogP contribution in [0, 0.1) is 0 Å². The molecule has 106 valence electrons. The van der Waals surface area contributed by atoms with Gasteiger partial charge in [-0.05, 0) is 44.4 Å². The normalized spacial score (nSPS) is 11.2. The summed E-state index contributed by atoms with van der Waals surface area (Å²) < 4.78 is 4.14. The predicted octanol–water partition coefficient (Wildman–Crippen LogP) is 4.52. The molecule has 0 amide bonds. The molecular formula is C13H17N5S2. The fourth-order valence-corrected chi connectivity index (χ4v) is 2.80. The third-order valence-electron chi connectivity index (χ3n) is 2.81. The van der Waals surface area contributed by atoms with Gasteiger partial charge in [0.2, 0.25) is 10.3 Å². The SMILES string of the molecule is CCN(CC)c1ccc(N=Nc2nc(SC)ns2)cc1. The van der Waals surface area contributed by atoms with Gasteiger partial charge in [0.15, 0.2) is 0 Å². The van der Waals surface area contributed by atoms with Gasteiger partial charge in [-0.15, -0.1) is 10.2 Å². The minimum Gasteiger partial charge on any atom is -0.372 e. The lowest BCUT2D eigenvalue weighted by Gasteiger charge is -2.20. The Labute approximate surface area is 127 Å². The molecule has 0 unspecified atom stereocenters. The zero-order chi connectivity index (χ0) is 14.4. The Bertz CT molecular complexity index is 560. The highest BCUT2D eigenvalue weighted by Gasteiger charge is 2.02. The van der Waals surface area contributed by atoms with Crippen LogP contribution >= 0.6 is 23.3 Å². The number of benzene rings is 1. The van der Waals surface area contributed by atoms with E-state index in [4.69, 9.17) is 0 Å². The van der Waals surface area contributed by atoms with E-state index in [-0.39, 0.29) is 0 Å². The third kappa shape index (κ3) is 3.77. The van der Waals surface area contributed by atoms with Crippen LogP contribution in [-0.2, 0) is 0 Å². The number of thioether (sulfide) groups is 1. The van der Waals surface area contributed by atoms with Crippen molar-refractivity contribution < 1.29 is 0 Å². The smallest absolute Gasteiger partial charge is 0.250 e. The van der Waals surface area contributed by atoms with Gasteiger partial charge in [-0.3, -0.25) is 0 Å². The summed E-state index contributed by atoms with van der Waals surface area (Å²) >= 11 is 2.76. The Hall–Kier alpha value is -1.47. The number of rotatable bonds is 6. The summed E-state index contributed by atoms with van der Waals surface area (Å²) in [7, 11) is 0. The molecule has 0 saturated heterocycles. The first-order valence-corrected chi connectivity index (χ1v) is 8.41. The van der Waals surface area contributed by atoms with E-state index in [9.17, 15) is 0 Å². The van der Waals surface area contributed by atoms with E-state index in [0.29, 0.717) is 5.13 Å². The monoisotopic (exact) mass is 307 g/mol. The third-order valence-corrected chi connectivity index (χ3v) is 4.07. The Kier molecular flexibility index (Phi) is 5.49. The molecule has 1 aromatic carbocycles. The Morgan fingerprint density at radius 3 is 2.40 bits per heavy atom. The molecule has 0 radical (unpaired) electrons. The van der Waals surface area contributed by atoms with E-state index < -0.39 is 0 Å². The van der Waals surface area contributed by atoms with Crippen molar-refractivity contribution >= 4 is 39.8 Å². The maximum absolute atomic E-state index is 4.22. The number of anilines is 1. The largest absolute Gasteiger partial charge is 0.372 e. The molecule has 0 aliphatic rings. The van der Waals surface area contributed by atoms with E-state index in [1.54, 1.807) is 0 Å². The number of aromatic nitrogens is 2. The Balaban J connectivity index is 2.06. The molecule has 7 heteroatoms. The Morgan fingerprint density at radius 1 is 1.15 bits per heavy atom. The summed E-state index contributed by atoms with van der Waals surface area (Å²) in [6.45, 7) is 6.30. The number of nitrogens with zero attached hydrogens (tertiary/aromatic N) is 5. The second-order valence-corrected chi connectivity index (χ2v) is 5.46. The van der Waals surface area contributed by atoms with Gasteiger partial charge in [0.05, 0.1) is 5.69 Å². The maximum Gasteiger partial charge on any atom is 0.250 e. The van der Waals surface area contributed by atoms with Gasteiger partial charge in [-0.25, -0.2) is 0 Å². The zero-order valence-electron chi connectivity index (χ0n) is 11.8. The summed E-state index contributed by atoms with van der Waals surface area (Å²) in [6.07, 6.45) is 1.94. The van der Waals surface area contributed by atoms with Crippen molar-refractivity contribution in [3.05, 3.63) is 24.3 Å². The van der Waals surface area contributed by atoms with Gasteiger partial charge in [-0.1, -0.05) is 11.8 Å². The van der Waals surface area contributed by atoms with E-state index in [1.807, 2.05) is 18.4 Å². The zero-order valence-corrected chi connectivity index (χ0v) is 13.4. The lowest BCUT2D eigenvalue weighted by atomic mass is 10.2. The van der Waals surface area contributed by atoms with Crippen LogP contribution < -0.4 is 4.90 Å². The lowest BCUT2D eigenvalue weighted by molar-refractivity contribution is 0.866. The van der Waals surface area contributed by atoms with Crippen molar-refractivity contribution in [3.63, 3.8) is 0 Å². The number of hydrogen-bond donors (Lipinski definition) is 0. The second-order valence-electron chi connectivity index (χ2n) is 3.95. The van der Waals surface area contributed by atoms with Crippen LogP contribution in [0.4, 0.5) is 16.5 Å². The van der Waals surface area contributed by atoms with Gasteiger partial charge in [0.25, 0.3) is 0 Å². The fourth-order valence-electron chi connectivity index (χ4n) is 1.75. The molecule has 0 saturated carbocycles. The average Bonchev–Trinajstić information content (AvgIpc) is 2.96. The van der Waals surface area contributed by atoms with Gasteiger partial charge in [0, 0.05) is 30.3 Å². The molecule has 2 rings (SSSR count). The molecule has 5 nitrogen and oxygen atoms in total. The van der Waals surface area contributed by atoms with Gasteiger partial charge >= 0.3 is 0 Å². The highest BCUT2D eigenvalue weighted by molar-refractivity contribution is 7.98. The molecule has 0 N–H and O–H groups in total. The van der Waals surface area contributed by atoms with Crippen molar-refractivity contribution in [3.8, 4) is 0 Å². The lowest BCUT2D eigenvalue weighted by Crippen LogP contribution is -2.21. The van der Waals surface area contributed by atoms with E-state index in [2.05, 4.69) is 50.5 Å². The quantitative estimate of drug-likeness (QED) is 0.581. The number of hydrogen-bond acceptors (Lipinski definition) is 7. The van der Waals surface area contributed by atoms with Crippen LogP contribution in [0.5, 0.6) is 0 Å². The molecule has 2 aromatic rings. The molecule has 1 heterocycles. The highest BCUT2D eigenvalue weighted by atomic mass is 32.2. The van der Waals surface area contributed by atoms with Crippen LogP contribution in [0.25, 0.3) is 0 Å². The molecule has 20 heavy (non-hydrogen) atoms. The fraction of sp³-hybridized carbons (Fsp3) is 0.385. The van der Waals surface area contributed by atoms with E-state index >= 15 is 0 Å². The second kappa shape index (κ2) is 7.35. The van der Waals surface area contributed by atoms with Gasteiger partial charge in [0.1, 0.15) is 0 Å². The topological polar surface area (TPSA) is 53.7 Å². The Morgan fingerprint density at radius 2 is 1.85 bits per heavy atom. The van der Waals surface area contributed by atoms with Crippen molar-refractivity contribution in [2.75, 3.05) is 24.2 Å². The predicted molar refractivity (Wildman–Crippen MR) is 85.9 cm³/mol. The van der Waals surface area contributed by atoms with Crippen molar-refractivity contribution in [2.24, 2.45) is 10.2 Å². The van der Waals surface area contributed by atoms with Crippen LogP contribution in [0.1, 0.15) is 13.8 Å². The van der Waals surface area contributed by atoms with E-state index in [1.165, 1.54) is 29.0 Å². The highest BCUT2D eigenvalue weighted by Crippen LogP contribution is 2.24. The van der Waals surface area contributed by atoms with Gasteiger partial charge in [-0.2, -0.15) is 9.36 Å². The summed E-state index contributed by atoms with van der Waals surface area (Å²) in [5.41, 5.74) is 2.02. The maximum atomic E-state index is 4.22. The molecular weight excluding hydrogens is 290 g/mol. The summed E-state index contributed by atoms with van der Waals surface area (Å²) in [5, 5.41) is 9.61. The first-order valence-electron chi connectivity index (χ1n) is 6.41. The minimum absolute atomic E-state index is 0.585. The summed E-state index contributed by atoms with van der Waals surface area (Å²) in [6, 6.07) is 8.06. The first-order chi connectivity index (χ1) is 9.76. The summed E-state index contributed by atoms with van der Waals surface area (Å²) in [4.78, 5) is 6.51. The van der Waals surface area contributed by atoms with Crippen LogP contribution in [0.2, 0.25) is 0 Å². The molecule has 0 spiro atoms.